The molecule has 0 aromatic rings. The minimum atomic E-state index is -0.441. The number of methoxy groups -OCH3 is 1. The molecule has 0 aromatic heterocycles. The SMILES string of the molecule is COC(=O)CCOC1CCC(NCC(=O)OC(C)(C)C)CC1. The summed E-state index contributed by atoms with van der Waals surface area (Å²) in [6, 6.07) is 0.327. The summed E-state index contributed by atoms with van der Waals surface area (Å²) in [5.41, 5.74) is -0.441. The molecule has 0 spiro atoms. The van der Waals surface area contributed by atoms with Crippen LogP contribution in [0.3, 0.4) is 0 Å². The van der Waals surface area contributed by atoms with Gasteiger partial charge in [-0.25, -0.2) is 0 Å². The van der Waals surface area contributed by atoms with Gasteiger partial charge in [-0.1, -0.05) is 0 Å². The first-order chi connectivity index (χ1) is 10.3. The van der Waals surface area contributed by atoms with E-state index in [1.807, 2.05) is 20.8 Å². The molecule has 22 heavy (non-hydrogen) atoms. The van der Waals surface area contributed by atoms with Crippen molar-refractivity contribution in [2.75, 3.05) is 20.3 Å². The number of ether oxygens (including phenoxy) is 3. The van der Waals surface area contributed by atoms with Crippen LogP contribution in [0.1, 0.15) is 52.9 Å². The normalized spacial score (nSPS) is 22.2. The first-order valence-electron chi connectivity index (χ1n) is 7.94. The van der Waals surface area contributed by atoms with Crippen LogP contribution in [0.15, 0.2) is 0 Å². The lowest BCUT2D eigenvalue weighted by Crippen LogP contribution is -2.40. The van der Waals surface area contributed by atoms with E-state index >= 15 is 0 Å². The zero-order valence-corrected chi connectivity index (χ0v) is 14.1. The molecule has 0 amide bonds. The molecular weight excluding hydrogens is 286 g/mol. The summed E-state index contributed by atoms with van der Waals surface area (Å²) < 4.78 is 15.5. The molecule has 0 aliphatic heterocycles. The molecule has 0 unspecified atom stereocenters. The Labute approximate surface area is 132 Å². The summed E-state index contributed by atoms with van der Waals surface area (Å²) in [6.45, 7) is 6.24. The van der Waals surface area contributed by atoms with Gasteiger partial charge in [-0.05, 0) is 46.5 Å². The van der Waals surface area contributed by atoms with E-state index in [4.69, 9.17) is 9.47 Å². The van der Waals surface area contributed by atoms with Crippen LogP contribution in [0.2, 0.25) is 0 Å². The van der Waals surface area contributed by atoms with Gasteiger partial charge in [0.25, 0.3) is 0 Å². The number of carbonyl (C=O) groups is 2. The first kappa shape index (κ1) is 18.9. The van der Waals surface area contributed by atoms with Gasteiger partial charge in [-0.2, -0.15) is 0 Å². The molecule has 1 aliphatic carbocycles. The van der Waals surface area contributed by atoms with Crippen molar-refractivity contribution in [3.63, 3.8) is 0 Å². The second kappa shape index (κ2) is 9.10. The van der Waals surface area contributed by atoms with Crippen LogP contribution < -0.4 is 5.32 Å². The Morgan fingerprint density at radius 1 is 1.09 bits per heavy atom. The van der Waals surface area contributed by atoms with E-state index in [-0.39, 0.29) is 24.6 Å². The van der Waals surface area contributed by atoms with Crippen LogP contribution in [-0.2, 0) is 23.8 Å². The van der Waals surface area contributed by atoms with Gasteiger partial charge < -0.3 is 19.5 Å². The van der Waals surface area contributed by atoms with Gasteiger partial charge in [0, 0.05) is 6.04 Å². The van der Waals surface area contributed by atoms with E-state index in [0.29, 0.717) is 19.1 Å². The zero-order valence-electron chi connectivity index (χ0n) is 14.1. The molecule has 0 bridgehead atoms. The molecule has 1 N–H and O–H groups in total. The predicted molar refractivity (Wildman–Crippen MR) is 82.5 cm³/mol. The van der Waals surface area contributed by atoms with Crippen LogP contribution in [0, 0.1) is 0 Å². The molecule has 1 rings (SSSR count). The van der Waals surface area contributed by atoms with Crippen molar-refractivity contribution in [2.45, 2.75) is 70.6 Å². The van der Waals surface area contributed by atoms with Crippen molar-refractivity contribution in [1.82, 2.24) is 5.32 Å². The Balaban J connectivity index is 2.12. The second-order valence-corrected chi connectivity index (χ2v) is 6.64. The maximum Gasteiger partial charge on any atom is 0.320 e. The molecule has 1 saturated carbocycles. The van der Waals surface area contributed by atoms with Gasteiger partial charge in [0.2, 0.25) is 0 Å². The van der Waals surface area contributed by atoms with Crippen molar-refractivity contribution >= 4 is 11.9 Å². The minimum Gasteiger partial charge on any atom is -0.469 e. The van der Waals surface area contributed by atoms with Crippen LogP contribution in [0.4, 0.5) is 0 Å². The van der Waals surface area contributed by atoms with E-state index in [1.54, 1.807) is 0 Å². The zero-order chi connectivity index (χ0) is 16.6. The average Bonchev–Trinajstić information content (AvgIpc) is 2.44. The molecular formula is C16H29NO5. The molecule has 0 atom stereocenters. The van der Waals surface area contributed by atoms with Gasteiger partial charge >= 0.3 is 11.9 Å². The number of rotatable bonds is 7. The molecule has 1 fully saturated rings. The molecule has 0 heterocycles. The molecule has 6 nitrogen and oxygen atoms in total. The summed E-state index contributed by atoms with van der Waals surface area (Å²) in [7, 11) is 1.38. The number of esters is 2. The molecule has 1 aliphatic rings. The lowest BCUT2D eigenvalue weighted by Gasteiger charge is -2.29. The van der Waals surface area contributed by atoms with Gasteiger partial charge in [0.15, 0.2) is 0 Å². The van der Waals surface area contributed by atoms with Gasteiger partial charge in [-0.3, -0.25) is 9.59 Å². The smallest absolute Gasteiger partial charge is 0.320 e. The average molecular weight is 315 g/mol. The number of hydrogen-bond acceptors (Lipinski definition) is 6. The van der Waals surface area contributed by atoms with Crippen LogP contribution in [-0.4, -0.2) is 49.9 Å². The highest BCUT2D eigenvalue weighted by Gasteiger charge is 2.23. The monoisotopic (exact) mass is 315 g/mol. The topological polar surface area (TPSA) is 73.9 Å². The van der Waals surface area contributed by atoms with E-state index in [1.165, 1.54) is 7.11 Å². The lowest BCUT2D eigenvalue weighted by atomic mass is 9.93. The standard InChI is InChI=1S/C16H29NO5/c1-16(2,3)22-15(19)11-17-12-5-7-13(8-6-12)21-10-9-14(18)20-4/h12-13,17H,5-11H2,1-4H3. The Kier molecular flexibility index (Phi) is 7.82. The maximum absolute atomic E-state index is 11.6. The highest BCUT2D eigenvalue weighted by molar-refractivity contribution is 5.72. The molecule has 0 aromatic carbocycles. The Morgan fingerprint density at radius 3 is 2.27 bits per heavy atom. The fraction of sp³-hybridized carbons (Fsp3) is 0.875. The van der Waals surface area contributed by atoms with E-state index in [0.717, 1.165) is 25.7 Å². The third kappa shape index (κ3) is 8.34. The quantitative estimate of drug-likeness (QED) is 0.722. The fourth-order valence-electron chi connectivity index (χ4n) is 2.45. The summed E-state index contributed by atoms with van der Waals surface area (Å²) >= 11 is 0. The molecule has 128 valence electrons. The third-order valence-corrected chi connectivity index (χ3v) is 3.52. The van der Waals surface area contributed by atoms with Crippen molar-refractivity contribution in [1.29, 1.82) is 0 Å². The minimum absolute atomic E-state index is 0.198. The van der Waals surface area contributed by atoms with Gasteiger partial charge in [0.1, 0.15) is 5.60 Å². The molecule has 0 saturated heterocycles. The maximum atomic E-state index is 11.6. The van der Waals surface area contributed by atoms with Crippen LogP contribution in [0.25, 0.3) is 0 Å². The summed E-state index contributed by atoms with van der Waals surface area (Å²) in [5, 5.41) is 3.24. The van der Waals surface area contributed by atoms with Gasteiger partial charge in [-0.15, -0.1) is 0 Å². The number of carbonyl (C=O) groups excluding carboxylic acids is 2. The number of nitrogens with one attached hydrogen (secondary N) is 1. The Morgan fingerprint density at radius 2 is 1.73 bits per heavy atom. The van der Waals surface area contributed by atoms with E-state index < -0.39 is 5.60 Å². The predicted octanol–water partition coefficient (Wildman–Crippen LogP) is 1.81. The molecule has 0 radical (unpaired) electrons. The summed E-state index contributed by atoms with van der Waals surface area (Å²) in [4.78, 5) is 22.6. The lowest BCUT2D eigenvalue weighted by molar-refractivity contribution is -0.153. The second-order valence-electron chi connectivity index (χ2n) is 6.64. The van der Waals surface area contributed by atoms with Crippen molar-refractivity contribution in [2.24, 2.45) is 0 Å². The number of hydrogen-bond donors (Lipinski definition) is 1. The fourth-order valence-corrected chi connectivity index (χ4v) is 2.45. The van der Waals surface area contributed by atoms with Crippen LogP contribution in [0.5, 0.6) is 0 Å². The van der Waals surface area contributed by atoms with Gasteiger partial charge in [0.05, 0.1) is 32.8 Å². The Bertz CT molecular complexity index is 356. The summed E-state index contributed by atoms with van der Waals surface area (Å²) in [5.74, 6) is -0.461. The van der Waals surface area contributed by atoms with Crippen LogP contribution >= 0.6 is 0 Å². The van der Waals surface area contributed by atoms with E-state index in [2.05, 4.69) is 10.1 Å². The third-order valence-electron chi connectivity index (χ3n) is 3.52. The molecule has 6 heteroatoms. The van der Waals surface area contributed by atoms with Crippen molar-refractivity contribution in [3.05, 3.63) is 0 Å². The Hall–Kier alpha value is -1.14. The van der Waals surface area contributed by atoms with Crippen molar-refractivity contribution in [3.8, 4) is 0 Å². The highest BCUT2D eigenvalue weighted by atomic mass is 16.6. The largest absolute Gasteiger partial charge is 0.469 e. The first-order valence-corrected chi connectivity index (χ1v) is 7.94. The highest BCUT2D eigenvalue weighted by Crippen LogP contribution is 2.21. The van der Waals surface area contributed by atoms with E-state index in [9.17, 15) is 9.59 Å². The summed E-state index contributed by atoms with van der Waals surface area (Å²) in [6.07, 6.45) is 4.30. The van der Waals surface area contributed by atoms with Crippen molar-refractivity contribution < 1.29 is 23.8 Å².